The number of allylic oxidation sites excluding steroid dienone is 26. The van der Waals surface area contributed by atoms with Crippen LogP contribution in [-0.2, 0) is 55.8 Å². The number of phosphoric ester groups is 2. The van der Waals surface area contributed by atoms with E-state index in [2.05, 4.69) is 179 Å². The molecule has 0 radical (unpaired) electrons. The molecule has 4 N–H and O–H groups in total. The minimum absolute atomic E-state index is 0.0677. The number of aliphatic hydroxyl groups is 2. The fourth-order valence-electron chi connectivity index (χ4n) is 10.6. The van der Waals surface area contributed by atoms with Gasteiger partial charge in [0, 0.05) is 19.3 Å². The van der Waals surface area contributed by atoms with E-state index in [0.29, 0.717) is 19.3 Å². The number of esters is 3. The Morgan fingerprint density at radius 2 is 0.505 bits per heavy atom. The summed E-state index contributed by atoms with van der Waals surface area (Å²) in [5.41, 5.74) is 0. The van der Waals surface area contributed by atoms with Crippen molar-refractivity contribution >= 4 is 33.6 Å². The maximum atomic E-state index is 13.0. The predicted molar refractivity (Wildman–Crippen MR) is 435 cm³/mol. The van der Waals surface area contributed by atoms with Gasteiger partial charge in [-0.3, -0.25) is 32.5 Å². The fraction of sp³-hybridized carbons (Fsp3) is 0.667. The quantitative estimate of drug-likeness (QED) is 0.0146. The highest BCUT2D eigenvalue weighted by Gasteiger charge is 2.29. The van der Waals surface area contributed by atoms with E-state index in [-0.39, 0.29) is 19.3 Å². The zero-order valence-corrected chi connectivity index (χ0v) is 67.4. The zero-order chi connectivity index (χ0) is 76.6. The standard InChI is InChI=1S/C87H146O16P2/c1-4-7-10-13-16-19-22-25-28-31-33-35-36-37-38-39-40-41-42-43-44-46-48-50-52-55-58-61-64-67-70-73-85(90)97-76-82(88)77-99-104(93,94)100-78-83(89)79-101-105(95,96)102-81-84(103-87(92)75-72-69-66-63-60-57-54-49-30-27-24-21-18-15-12-9-6-3)80-98-86(91)74-71-68-65-62-59-56-53-51-47-45-34-32-29-26-23-20-17-14-11-8-5-2/h7,9-10,12,16-21,25-30,33-35,37-38,45,51,53-54,57,82-84,88-89H,4-6,8,11,13-15,22-24,31-32,36,39-44,46-50,52,55-56,58-81H2,1-3H3,(H,93,94)(H,95,96)/b10-7-,12-9-,19-16-,20-17-,21-18-,28-25-,29-26-,30-27-,35-33-,38-37-,45-34-,53-51-,57-54-. The van der Waals surface area contributed by atoms with Gasteiger partial charge in [0.25, 0.3) is 0 Å². The summed E-state index contributed by atoms with van der Waals surface area (Å²) < 4.78 is 61.2. The molecule has 0 spiro atoms. The summed E-state index contributed by atoms with van der Waals surface area (Å²) in [5.74, 6) is -1.63. The highest BCUT2D eigenvalue weighted by Crippen LogP contribution is 2.45. The molecule has 0 amide bonds. The largest absolute Gasteiger partial charge is 0.472 e. The molecule has 18 heteroatoms. The second-order valence-electron chi connectivity index (χ2n) is 26.8. The van der Waals surface area contributed by atoms with Gasteiger partial charge in [0.15, 0.2) is 6.10 Å². The molecule has 600 valence electrons. The van der Waals surface area contributed by atoms with E-state index in [1.54, 1.807) is 0 Å². The lowest BCUT2D eigenvalue weighted by atomic mass is 10.0. The van der Waals surface area contributed by atoms with E-state index in [4.69, 9.17) is 32.3 Å². The third-order valence-corrected chi connectivity index (χ3v) is 18.6. The van der Waals surface area contributed by atoms with Crippen molar-refractivity contribution in [2.45, 2.75) is 334 Å². The number of hydrogen-bond donors (Lipinski definition) is 4. The molecule has 0 aliphatic rings. The van der Waals surface area contributed by atoms with Gasteiger partial charge in [-0.2, -0.15) is 0 Å². The summed E-state index contributed by atoms with van der Waals surface area (Å²) in [4.78, 5) is 58.7. The number of hydrogen-bond acceptors (Lipinski definition) is 14. The average molecular weight is 1510 g/mol. The summed E-state index contributed by atoms with van der Waals surface area (Å²) in [6, 6.07) is 0. The van der Waals surface area contributed by atoms with Crippen LogP contribution < -0.4 is 0 Å². The number of rotatable bonds is 76. The minimum atomic E-state index is -4.95. The van der Waals surface area contributed by atoms with Crippen molar-refractivity contribution in [3.8, 4) is 0 Å². The molecule has 0 aliphatic heterocycles. The smallest absolute Gasteiger partial charge is 0.463 e. The van der Waals surface area contributed by atoms with E-state index in [0.717, 1.165) is 154 Å². The van der Waals surface area contributed by atoms with Crippen LogP contribution in [0.15, 0.2) is 158 Å². The number of carbonyl (C=O) groups is 3. The fourth-order valence-corrected chi connectivity index (χ4v) is 12.2. The summed E-state index contributed by atoms with van der Waals surface area (Å²) >= 11 is 0. The Labute approximate surface area is 638 Å². The van der Waals surface area contributed by atoms with Gasteiger partial charge in [-0.25, -0.2) is 9.13 Å². The van der Waals surface area contributed by atoms with Crippen molar-refractivity contribution in [3.63, 3.8) is 0 Å². The number of unbranched alkanes of at least 4 members (excludes halogenated alkanes) is 27. The molecule has 16 nitrogen and oxygen atoms in total. The van der Waals surface area contributed by atoms with Gasteiger partial charge in [-0.1, -0.05) is 307 Å². The lowest BCUT2D eigenvalue weighted by molar-refractivity contribution is -0.161. The van der Waals surface area contributed by atoms with E-state index < -0.39 is 91.5 Å². The Hall–Kier alpha value is -4.83. The van der Waals surface area contributed by atoms with Crippen molar-refractivity contribution in [1.29, 1.82) is 0 Å². The van der Waals surface area contributed by atoms with Crippen LogP contribution in [0, 0.1) is 0 Å². The first-order valence-electron chi connectivity index (χ1n) is 40.8. The lowest BCUT2D eigenvalue weighted by Crippen LogP contribution is -2.30. The topological polar surface area (TPSA) is 231 Å². The van der Waals surface area contributed by atoms with Crippen LogP contribution in [0.4, 0.5) is 0 Å². The van der Waals surface area contributed by atoms with E-state index >= 15 is 0 Å². The lowest BCUT2D eigenvalue weighted by Gasteiger charge is -2.21. The highest BCUT2D eigenvalue weighted by molar-refractivity contribution is 7.47. The molecule has 0 aromatic carbocycles. The van der Waals surface area contributed by atoms with Crippen LogP contribution >= 0.6 is 15.6 Å². The molecule has 0 aromatic heterocycles. The van der Waals surface area contributed by atoms with E-state index in [1.165, 1.54) is 103 Å². The number of ether oxygens (including phenoxy) is 3. The molecule has 0 bridgehead atoms. The van der Waals surface area contributed by atoms with Crippen molar-refractivity contribution < 1.29 is 75.8 Å². The van der Waals surface area contributed by atoms with Crippen molar-refractivity contribution in [3.05, 3.63) is 158 Å². The van der Waals surface area contributed by atoms with Crippen molar-refractivity contribution in [2.24, 2.45) is 0 Å². The molecule has 0 saturated carbocycles. The highest BCUT2D eigenvalue weighted by atomic mass is 31.2. The SMILES string of the molecule is CC/C=C\C/C=C\C/C=C\C/C=C\C/C=C\CCCCCCCCCCCCCCCCCC(=O)OCC(O)COP(=O)(O)OCC(O)COP(=O)(O)OCC(COC(=O)CCCCCCC/C=C\C/C=C\C/C=C\C/C=C\CCCCC)OC(=O)CCCCCC/C=C\C/C=C\C/C=C\C/C=C\CC. The molecule has 0 aromatic rings. The molecule has 5 atom stereocenters. The Bertz CT molecular complexity index is 2540. The molecule has 0 saturated heterocycles. The molecule has 0 fully saturated rings. The van der Waals surface area contributed by atoms with Crippen LogP contribution in [0.3, 0.4) is 0 Å². The van der Waals surface area contributed by atoms with Gasteiger partial charge in [-0.15, -0.1) is 0 Å². The number of carbonyl (C=O) groups excluding carboxylic acids is 3. The summed E-state index contributed by atoms with van der Waals surface area (Å²) in [6.45, 7) is 2.38. The molecule has 0 rings (SSSR count). The Kier molecular flexibility index (Phi) is 75.1. The van der Waals surface area contributed by atoms with Crippen LogP contribution in [0.1, 0.15) is 316 Å². The molecule has 0 aliphatic carbocycles. The van der Waals surface area contributed by atoms with Gasteiger partial charge in [0.05, 0.1) is 26.4 Å². The minimum Gasteiger partial charge on any atom is -0.463 e. The maximum Gasteiger partial charge on any atom is 0.472 e. The number of phosphoric acid groups is 2. The van der Waals surface area contributed by atoms with Crippen LogP contribution in [0.2, 0.25) is 0 Å². The van der Waals surface area contributed by atoms with E-state index in [1.807, 2.05) is 0 Å². The van der Waals surface area contributed by atoms with Crippen molar-refractivity contribution in [2.75, 3.05) is 39.6 Å². The third kappa shape index (κ3) is 80.0. The molecule has 105 heavy (non-hydrogen) atoms. The summed E-state index contributed by atoms with van der Waals surface area (Å²) in [5, 5.41) is 20.7. The van der Waals surface area contributed by atoms with Crippen LogP contribution in [0.5, 0.6) is 0 Å². The Balaban J connectivity index is 4.56. The van der Waals surface area contributed by atoms with Gasteiger partial charge >= 0.3 is 33.6 Å². The number of aliphatic hydroxyl groups excluding tert-OH is 2. The van der Waals surface area contributed by atoms with Crippen LogP contribution in [0.25, 0.3) is 0 Å². The predicted octanol–water partition coefficient (Wildman–Crippen LogP) is 24.2. The first-order valence-corrected chi connectivity index (χ1v) is 43.8. The second kappa shape index (κ2) is 78.7. The first-order chi connectivity index (χ1) is 51.2. The van der Waals surface area contributed by atoms with Gasteiger partial charge in [0.2, 0.25) is 0 Å². The normalized spacial score (nSPS) is 14.8. The molecular weight excluding hydrogens is 1360 g/mol. The zero-order valence-electron chi connectivity index (χ0n) is 65.6. The first kappa shape index (κ1) is 100. The summed E-state index contributed by atoms with van der Waals surface area (Å²) in [6.07, 6.45) is 98.6. The molecular formula is C87H146O16P2. The van der Waals surface area contributed by atoms with Crippen molar-refractivity contribution in [1.82, 2.24) is 0 Å². The monoisotopic (exact) mass is 1510 g/mol. The Morgan fingerprint density at radius 3 is 0.800 bits per heavy atom. The molecule has 5 unspecified atom stereocenters. The van der Waals surface area contributed by atoms with Gasteiger partial charge < -0.3 is 34.2 Å². The molecule has 0 heterocycles. The van der Waals surface area contributed by atoms with Gasteiger partial charge in [0.1, 0.15) is 25.4 Å². The third-order valence-electron chi connectivity index (χ3n) is 16.7. The van der Waals surface area contributed by atoms with E-state index in [9.17, 15) is 43.5 Å². The maximum absolute atomic E-state index is 13.0. The van der Waals surface area contributed by atoms with Gasteiger partial charge in [-0.05, 0) is 148 Å². The van der Waals surface area contributed by atoms with Crippen LogP contribution in [-0.4, -0.2) is 95.9 Å². The average Bonchev–Trinajstić information content (AvgIpc) is 0.917. The second-order valence-corrected chi connectivity index (χ2v) is 29.7. The summed E-state index contributed by atoms with van der Waals surface area (Å²) in [7, 11) is -9.81. The Morgan fingerprint density at radius 1 is 0.276 bits per heavy atom.